The fourth-order valence-corrected chi connectivity index (χ4v) is 2.88. The Morgan fingerprint density at radius 3 is 2.59 bits per heavy atom. The number of benzene rings is 2. The highest BCUT2D eigenvalue weighted by molar-refractivity contribution is 5.51. The van der Waals surface area contributed by atoms with Crippen molar-refractivity contribution in [1.29, 1.82) is 0 Å². The molecule has 1 atom stereocenters. The third-order valence-corrected chi connectivity index (χ3v) is 4.03. The van der Waals surface area contributed by atoms with Crippen LogP contribution in [0.15, 0.2) is 36.4 Å². The average Bonchev–Trinajstić information content (AvgIpc) is 2.56. The molecule has 2 aromatic rings. The molecule has 4 nitrogen and oxygen atoms in total. The second-order valence-corrected chi connectivity index (χ2v) is 5.56. The van der Waals surface area contributed by atoms with Crippen LogP contribution in [0.1, 0.15) is 11.1 Å². The molecule has 0 radical (unpaired) electrons. The van der Waals surface area contributed by atoms with Crippen LogP contribution in [0.3, 0.4) is 0 Å². The highest BCUT2D eigenvalue weighted by Crippen LogP contribution is 2.39. The molecule has 22 heavy (non-hydrogen) atoms. The van der Waals surface area contributed by atoms with Gasteiger partial charge in [0.1, 0.15) is 23.0 Å². The van der Waals surface area contributed by atoms with Crippen LogP contribution in [-0.4, -0.2) is 25.9 Å². The summed E-state index contributed by atoms with van der Waals surface area (Å²) in [6, 6.07) is 11.2. The van der Waals surface area contributed by atoms with Crippen molar-refractivity contribution >= 4 is 0 Å². The minimum absolute atomic E-state index is 0.294. The molecule has 0 aromatic heterocycles. The van der Waals surface area contributed by atoms with E-state index in [2.05, 4.69) is 0 Å². The molecule has 1 heterocycles. The Morgan fingerprint density at radius 2 is 1.91 bits per heavy atom. The lowest BCUT2D eigenvalue weighted by atomic mass is 9.90. The molecule has 0 amide bonds. The SMILES string of the molecule is COc1cc(OC)c2c(c1)OC[C@H](Cc1ccc(O)cc1)C2. The van der Waals surface area contributed by atoms with E-state index in [-0.39, 0.29) is 0 Å². The van der Waals surface area contributed by atoms with Gasteiger partial charge < -0.3 is 19.3 Å². The van der Waals surface area contributed by atoms with Gasteiger partial charge in [0.25, 0.3) is 0 Å². The molecular formula is C18H20O4. The second-order valence-electron chi connectivity index (χ2n) is 5.56. The number of phenols is 1. The van der Waals surface area contributed by atoms with Crippen molar-refractivity contribution in [1.82, 2.24) is 0 Å². The molecule has 1 aliphatic rings. The molecular weight excluding hydrogens is 280 g/mol. The summed E-state index contributed by atoms with van der Waals surface area (Å²) >= 11 is 0. The van der Waals surface area contributed by atoms with Crippen LogP contribution >= 0.6 is 0 Å². The van der Waals surface area contributed by atoms with E-state index in [0.717, 1.165) is 35.7 Å². The zero-order valence-electron chi connectivity index (χ0n) is 12.8. The molecule has 3 rings (SSSR count). The molecule has 1 aliphatic heterocycles. The van der Waals surface area contributed by atoms with Crippen molar-refractivity contribution in [3.63, 3.8) is 0 Å². The summed E-state index contributed by atoms with van der Waals surface area (Å²) in [6.45, 7) is 0.671. The van der Waals surface area contributed by atoms with Crippen molar-refractivity contribution in [2.45, 2.75) is 12.8 Å². The van der Waals surface area contributed by atoms with E-state index in [0.29, 0.717) is 18.3 Å². The number of fused-ring (bicyclic) bond motifs is 1. The van der Waals surface area contributed by atoms with Gasteiger partial charge in [-0.2, -0.15) is 0 Å². The largest absolute Gasteiger partial charge is 0.508 e. The molecule has 4 heteroatoms. The van der Waals surface area contributed by atoms with Crippen molar-refractivity contribution in [2.75, 3.05) is 20.8 Å². The van der Waals surface area contributed by atoms with Crippen LogP contribution < -0.4 is 14.2 Å². The number of hydrogen-bond donors (Lipinski definition) is 1. The van der Waals surface area contributed by atoms with Gasteiger partial charge in [0.15, 0.2) is 0 Å². The maximum atomic E-state index is 9.36. The van der Waals surface area contributed by atoms with Gasteiger partial charge in [0.2, 0.25) is 0 Å². The van der Waals surface area contributed by atoms with Crippen LogP contribution in [0.25, 0.3) is 0 Å². The fourth-order valence-electron chi connectivity index (χ4n) is 2.88. The minimum atomic E-state index is 0.294. The maximum absolute atomic E-state index is 9.36. The van der Waals surface area contributed by atoms with Crippen LogP contribution in [0.4, 0.5) is 0 Å². The number of aromatic hydroxyl groups is 1. The summed E-state index contributed by atoms with van der Waals surface area (Å²) in [5.41, 5.74) is 2.29. The summed E-state index contributed by atoms with van der Waals surface area (Å²) < 4.78 is 16.7. The third-order valence-electron chi connectivity index (χ3n) is 4.03. The van der Waals surface area contributed by atoms with E-state index in [4.69, 9.17) is 14.2 Å². The minimum Gasteiger partial charge on any atom is -0.508 e. The standard InChI is InChI=1S/C18H20O4/c1-20-15-9-17(21-2)16-8-13(11-22-18(16)10-15)7-12-3-5-14(19)6-4-12/h3-6,9-10,13,19H,7-8,11H2,1-2H3/t13-/m1/s1. The summed E-state index contributed by atoms with van der Waals surface area (Å²) in [5.74, 6) is 3.08. The molecule has 0 spiro atoms. The quantitative estimate of drug-likeness (QED) is 0.942. The first-order valence-corrected chi connectivity index (χ1v) is 7.35. The van der Waals surface area contributed by atoms with E-state index < -0.39 is 0 Å². The summed E-state index contributed by atoms with van der Waals surface area (Å²) in [4.78, 5) is 0. The molecule has 0 fully saturated rings. The van der Waals surface area contributed by atoms with Crippen LogP contribution in [0, 0.1) is 5.92 Å². The lowest BCUT2D eigenvalue weighted by molar-refractivity contribution is 0.216. The second kappa shape index (κ2) is 6.18. The summed E-state index contributed by atoms with van der Waals surface area (Å²) in [7, 11) is 3.30. The van der Waals surface area contributed by atoms with Crippen molar-refractivity contribution in [3.05, 3.63) is 47.5 Å². The van der Waals surface area contributed by atoms with Gasteiger partial charge in [-0.25, -0.2) is 0 Å². The normalized spacial score (nSPS) is 16.5. The monoisotopic (exact) mass is 300 g/mol. The van der Waals surface area contributed by atoms with E-state index >= 15 is 0 Å². The lowest BCUT2D eigenvalue weighted by Crippen LogP contribution is -2.23. The van der Waals surface area contributed by atoms with E-state index in [1.807, 2.05) is 24.3 Å². The zero-order chi connectivity index (χ0) is 15.5. The molecule has 1 N–H and O–H groups in total. The van der Waals surface area contributed by atoms with Gasteiger partial charge in [0, 0.05) is 23.6 Å². The van der Waals surface area contributed by atoms with Gasteiger partial charge in [-0.3, -0.25) is 0 Å². The Bertz CT molecular complexity index is 632. The smallest absolute Gasteiger partial charge is 0.129 e. The number of rotatable bonds is 4. The molecule has 0 saturated heterocycles. The Hall–Kier alpha value is -2.36. The van der Waals surface area contributed by atoms with Gasteiger partial charge >= 0.3 is 0 Å². The Kier molecular flexibility index (Phi) is 4.09. The number of hydrogen-bond acceptors (Lipinski definition) is 4. The Balaban J connectivity index is 1.79. The van der Waals surface area contributed by atoms with Crippen LogP contribution in [-0.2, 0) is 12.8 Å². The predicted molar refractivity (Wildman–Crippen MR) is 84.0 cm³/mol. The van der Waals surface area contributed by atoms with Gasteiger partial charge in [-0.15, -0.1) is 0 Å². The van der Waals surface area contributed by atoms with Crippen molar-refractivity contribution in [3.8, 4) is 23.0 Å². The lowest BCUT2D eigenvalue weighted by Gasteiger charge is -2.27. The molecule has 0 aliphatic carbocycles. The van der Waals surface area contributed by atoms with E-state index in [9.17, 15) is 5.11 Å². The number of ether oxygens (including phenoxy) is 3. The predicted octanol–water partition coefficient (Wildman–Crippen LogP) is 3.20. The summed E-state index contributed by atoms with van der Waals surface area (Å²) in [5, 5.41) is 9.36. The van der Waals surface area contributed by atoms with Crippen molar-refractivity contribution < 1.29 is 19.3 Å². The first-order chi connectivity index (χ1) is 10.7. The zero-order valence-corrected chi connectivity index (χ0v) is 12.8. The third kappa shape index (κ3) is 2.96. The van der Waals surface area contributed by atoms with Gasteiger partial charge in [-0.1, -0.05) is 12.1 Å². The highest BCUT2D eigenvalue weighted by Gasteiger charge is 2.24. The molecule has 0 unspecified atom stereocenters. The highest BCUT2D eigenvalue weighted by atomic mass is 16.5. The maximum Gasteiger partial charge on any atom is 0.129 e. The van der Waals surface area contributed by atoms with Crippen LogP contribution in [0.2, 0.25) is 0 Å². The topological polar surface area (TPSA) is 47.9 Å². The number of phenolic OH excluding ortho intramolecular Hbond substituents is 1. The molecule has 2 aromatic carbocycles. The molecule has 0 saturated carbocycles. The molecule has 0 bridgehead atoms. The number of methoxy groups -OCH3 is 2. The first kappa shape index (κ1) is 14.6. The van der Waals surface area contributed by atoms with Gasteiger partial charge in [-0.05, 0) is 30.5 Å². The Labute approximate surface area is 130 Å². The summed E-state index contributed by atoms with van der Waals surface area (Å²) in [6.07, 6.45) is 1.82. The van der Waals surface area contributed by atoms with E-state index in [1.54, 1.807) is 26.4 Å². The average molecular weight is 300 g/mol. The van der Waals surface area contributed by atoms with E-state index in [1.165, 1.54) is 5.56 Å². The fraction of sp³-hybridized carbons (Fsp3) is 0.333. The van der Waals surface area contributed by atoms with Gasteiger partial charge in [0.05, 0.1) is 20.8 Å². The van der Waals surface area contributed by atoms with Crippen molar-refractivity contribution in [2.24, 2.45) is 5.92 Å². The van der Waals surface area contributed by atoms with Crippen LogP contribution in [0.5, 0.6) is 23.0 Å². The molecule has 116 valence electrons. The Morgan fingerprint density at radius 1 is 1.14 bits per heavy atom. The first-order valence-electron chi connectivity index (χ1n) is 7.35.